The summed E-state index contributed by atoms with van der Waals surface area (Å²) in [5, 5.41) is 5.60. The number of carbonyl (C=O) groups is 2. The van der Waals surface area contributed by atoms with Crippen molar-refractivity contribution < 1.29 is 23.5 Å². The minimum atomic E-state index is -0.276. The molecule has 0 spiro atoms. The van der Waals surface area contributed by atoms with Gasteiger partial charge in [0.2, 0.25) is 6.79 Å². The number of rotatable bonds is 6. The van der Waals surface area contributed by atoms with Gasteiger partial charge in [0.25, 0.3) is 11.8 Å². The van der Waals surface area contributed by atoms with E-state index in [1.54, 1.807) is 42.7 Å². The van der Waals surface area contributed by atoms with Gasteiger partial charge in [-0.1, -0.05) is 12.1 Å². The van der Waals surface area contributed by atoms with Gasteiger partial charge in [-0.2, -0.15) is 0 Å². The first-order valence-corrected chi connectivity index (χ1v) is 8.76. The van der Waals surface area contributed by atoms with E-state index in [1.165, 1.54) is 0 Å². The summed E-state index contributed by atoms with van der Waals surface area (Å²) in [5.74, 6) is 1.48. The Bertz CT molecular complexity index is 998. The van der Waals surface area contributed by atoms with Crippen LogP contribution in [0.15, 0.2) is 65.3 Å². The molecule has 7 nitrogen and oxygen atoms in total. The molecule has 7 heteroatoms. The summed E-state index contributed by atoms with van der Waals surface area (Å²) in [7, 11) is 0. The smallest absolute Gasteiger partial charge is 0.251 e. The molecule has 0 radical (unpaired) electrons. The standard InChI is InChI=1S/C21H18N2O5/c24-20(22-11-14-6-7-18-19(9-14)28-13-27-18)15-3-1-4-16(10-15)21(25)23-12-17-5-2-8-26-17/h1-10H,11-13H2,(H,22,24)(H,23,25). The minimum absolute atomic E-state index is 0.208. The molecule has 1 aliphatic rings. The number of ether oxygens (including phenoxy) is 2. The van der Waals surface area contributed by atoms with Crippen LogP contribution in [0.5, 0.6) is 11.5 Å². The first-order chi connectivity index (χ1) is 13.7. The Morgan fingerprint density at radius 3 is 2.32 bits per heavy atom. The van der Waals surface area contributed by atoms with E-state index in [1.807, 2.05) is 18.2 Å². The summed E-state index contributed by atoms with van der Waals surface area (Å²) in [4.78, 5) is 24.7. The normalized spacial score (nSPS) is 11.9. The Hall–Kier alpha value is -3.74. The fraction of sp³-hybridized carbons (Fsp3) is 0.143. The molecule has 2 heterocycles. The summed E-state index contributed by atoms with van der Waals surface area (Å²) in [6, 6.07) is 15.6. The highest BCUT2D eigenvalue weighted by Crippen LogP contribution is 2.32. The van der Waals surface area contributed by atoms with Crippen molar-refractivity contribution in [1.82, 2.24) is 10.6 Å². The monoisotopic (exact) mass is 378 g/mol. The van der Waals surface area contributed by atoms with Gasteiger partial charge in [-0.25, -0.2) is 0 Å². The lowest BCUT2D eigenvalue weighted by Gasteiger charge is -2.08. The Morgan fingerprint density at radius 1 is 0.821 bits per heavy atom. The first kappa shape index (κ1) is 17.7. The molecule has 0 unspecified atom stereocenters. The average molecular weight is 378 g/mol. The number of fused-ring (bicyclic) bond motifs is 1. The van der Waals surface area contributed by atoms with E-state index in [-0.39, 0.29) is 25.2 Å². The van der Waals surface area contributed by atoms with Crippen molar-refractivity contribution in [3.8, 4) is 11.5 Å². The second kappa shape index (κ2) is 7.87. The summed E-state index contributed by atoms with van der Waals surface area (Å²) >= 11 is 0. The molecule has 2 amide bonds. The largest absolute Gasteiger partial charge is 0.467 e. The van der Waals surface area contributed by atoms with Gasteiger partial charge in [0, 0.05) is 17.7 Å². The molecule has 0 atom stereocenters. The van der Waals surface area contributed by atoms with Crippen molar-refractivity contribution in [1.29, 1.82) is 0 Å². The SMILES string of the molecule is O=C(NCc1ccc2c(c1)OCO2)c1cccc(C(=O)NCc2ccco2)c1. The van der Waals surface area contributed by atoms with Crippen LogP contribution in [0.3, 0.4) is 0 Å². The van der Waals surface area contributed by atoms with Crippen LogP contribution < -0.4 is 20.1 Å². The summed E-state index contributed by atoms with van der Waals surface area (Å²) in [5.41, 5.74) is 1.71. The Labute approximate surface area is 161 Å². The molecule has 0 saturated carbocycles. The highest BCUT2D eigenvalue weighted by Gasteiger charge is 2.14. The second-order valence-corrected chi connectivity index (χ2v) is 6.21. The predicted molar refractivity (Wildman–Crippen MR) is 100 cm³/mol. The zero-order chi connectivity index (χ0) is 19.3. The molecule has 0 aliphatic carbocycles. The number of furan rings is 1. The van der Waals surface area contributed by atoms with Crippen LogP contribution in [0, 0.1) is 0 Å². The molecule has 142 valence electrons. The van der Waals surface area contributed by atoms with Crippen molar-refractivity contribution >= 4 is 11.8 Å². The third-order valence-electron chi connectivity index (χ3n) is 4.28. The summed E-state index contributed by atoms with van der Waals surface area (Å²) in [6.07, 6.45) is 1.55. The van der Waals surface area contributed by atoms with Crippen LogP contribution in [0.25, 0.3) is 0 Å². The zero-order valence-corrected chi connectivity index (χ0v) is 14.9. The lowest BCUT2D eigenvalue weighted by molar-refractivity contribution is 0.0948. The van der Waals surface area contributed by atoms with E-state index in [9.17, 15) is 9.59 Å². The highest BCUT2D eigenvalue weighted by atomic mass is 16.7. The van der Waals surface area contributed by atoms with Gasteiger partial charge in [-0.15, -0.1) is 0 Å². The number of hydrogen-bond donors (Lipinski definition) is 2. The molecular weight excluding hydrogens is 360 g/mol. The first-order valence-electron chi connectivity index (χ1n) is 8.76. The van der Waals surface area contributed by atoms with Crippen molar-refractivity contribution in [2.75, 3.05) is 6.79 Å². The number of carbonyl (C=O) groups excluding carboxylic acids is 2. The maximum Gasteiger partial charge on any atom is 0.251 e. The quantitative estimate of drug-likeness (QED) is 0.688. The molecular formula is C21H18N2O5. The lowest BCUT2D eigenvalue weighted by Crippen LogP contribution is -2.25. The fourth-order valence-corrected chi connectivity index (χ4v) is 2.82. The molecule has 0 bridgehead atoms. The van der Waals surface area contributed by atoms with Crippen molar-refractivity contribution in [2.24, 2.45) is 0 Å². The summed E-state index contributed by atoms with van der Waals surface area (Å²) in [6.45, 7) is 0.830. The minimum Gasteiger partial charge on any atom is -0.467 e. The van der Waals surface area contributed by atoms with Crippen LogP contribution in [0.1, 0.15) is 32.0 Å². The van der Waals surface area contributed by atoms with Crippen LogP contribution in [-0.4, -0.2) is 18.6 Å². The Kier molecular flexibility index (Phi) is 4.97. The topological polar surface area (TPSA) is 89.8 Å². The van der Waals surface area contributed by atoms with Gasteiger partial charge >= 0.3 is 0 Å². The van der Waals surface area contributed by atoms with Gasteiger partial charge in [0.15, 0.2) is 11.5 Å². The lowest BCUT2D eigenvalue weighted by atomic mass is 10.1. The molecule has 0 fully saturated rings. The molecule has 2 aromatic carbocycles. The van der Waals surface area contributed by atoms with Crippen LogP contribution in [0.4, 0.5) is 0 Å². The summed E-state index contributed by atoms with van der Waals surface area (Å²) < 4.78 is 15.8. The molecule has 1 aliphatic heterocycles. The van der Waals surface area contributed by atoms with Crippen LogP contribution >= 0.6 is 0 Å². The van der Waals surface area contributed by atoms with E-state index in [0.717, 1.165) is 5.56 Å². The molecule has 3 aromatic rings. The molecule has 1 aromatic heterocycles. The van der Waals surface area contributed by atoms with E-state index in [4.69, 9.17) is 13.9 Å². The zero-order valence-electron chi connectivity index (χ0n) is 14.9. The van der Waals surface area contributed by atoms with E-state index in [2.05, 4.69) is 10.6 Å². The van der Waals surface area contributed by atoms with E-state index in [0.29, 0.717) is 34.9 Å². The third kappa shape index (κ3) is 3.98. The van der Waals surface area contributed by atoms with Crippen molar-refractivity contribution in [3.63, 3.8) is 0 Å². The van der Waals surface area contributed by atoms with Gasteiger partial charge in [-0.05, 0) is 48.0 Å². The third-order valence-corrected chi connectivity index (χ3v) is 4.28. The van der Waals surface area contributed by atoms with Crippen LogP contribution in [-0.2, 0) is 13.1 Å². The Morgan fingerprint density at radius 2 is 1.57 bits per heavy atom. The van der Waals surface area contributed by atoms with Gasteiger partial charge in [0.05, 0.1) is 12.8 Å². The van der Waals surface area contributed by atoms with Gasteiger partial charge in [-0.3, -0.25) is 9.59 Å². The predicted octanol–water partition coefficient (Wildman–Crippen LogP) is 2.87. The number of benzene rings is 2. The maximum atomic E-state index is 12.5. The number of hydrogen-bond acceptors (Lipinski definition) is 5. The maximum absolute atomic E-state index is 12.5. The Balaban J connectivity index is 1.36. The van der Waals surface area contributed by atoms with Crippen molar-refractivity contribution in [3.05, 3.63) is 83.3 Å². The van der Waals surface area contributed by atoms with Crippen molar-refractivity contribution in [2.45, 2.75) is 13.1 Å². The fourth-order valence-electron chi connectivity index (χ4n) is 2.82. The second-order valence-electron chi connectivity index (χ2n) is 6.21. The molecule has 4 rings (SSSR count). The van der Waals surface area contributed by atoms with Gasteiger partial charge < -0.3 is 24.5 Å². The number of amides is 2. The highest BCUT2D eigenvalue weighted by molar-refractivity contribution is 5.99. The average Bonchev–Trinajstić information content (AvgIpc) is 3.41. The van der Waals surface area contributed by atoms with E-state index >= 15 is 0 Å². The molecule has 28 heavy (non-hydrogen) atoms. The van der Waals surface area contributed by atoms with E-state index < -0.39 is 0 Å². The number of nitrogens with one attached hydrogen (secondary N) is 2. The van der Waals surface area contributed by atoms with Gasteiger partial charge in [0.1, 0.15) is 5.76 Å². The van der Waals surface area contributed by atoms with Crippen LogP contribution in [0.2, 0.25) is 0 Å². The molecule has 2 N–H and O–H groups in total. The molecule has 0 saturated heterocycles.